The van der Waals surface area contributed by atoms with Crippen LogP contribution in [-0.2, 0) is 22.4 Å². The highest BCUT2D eigenvalue weighted by Gasteiger charge is 2.19. The number of esters is 1. The van der Waals surface area contributed by atoms with Crippen molar-refractivity contribution in [2.45, 2.75) is 25.8 Å². The van der Waals surface area contributed by atoms with Gasteiger partial charge in [-0.1, -0.05) is 19.1 Å². The predicted molar refractivity (Wildman–Crippen MR) is 78.4 cm³/mol. The number of benzene rings is 1. The third-order valence-electron chi connectivity index (χ3n) is 3.51. The van der Waals surface area contributed by atoms with Gasteiger partial charge in [0.25, 0.3) is 0 Å². The Hall–Kier alpha value is -2.34. The van der Waals surface area contributed by atoms with Crippen LogP contribution in [0.15, 0.2) is 24.4 Å². The third-order valence-corrected chi connectivity index (χ3v) is 3.51. The van der Waals surface area contributed by atoms with Crippen LogP contribution in [0.1, 0.15) is 18.1 Å². The second-order valence-corrected chi connectivity index (χ2v) is 4.85. The lowest BCUT2D eigenvalue weighted by Gasteiger charge is -2.08. The van der Waals surface area contributed by atoms with Crippen LogP contribution in [0, 0.1) is 0 Å². The van der Waals surface area contributed by atoms with E-state index in [0.29, 0.717) is 11.1 Å². The molecule has 0 aliphatic carbocycles. The van der Waals surface area contributed by atoms with E-state index in [1.807, 2.05) is 25.1 Å². The van der Waals surface area contributed by atoms with Gasteiger partial charge in [-0.25, -0.2) is 4.79 Å². The molecule has 3 N–H and O–H groups in total. The van der Waals surface area contributed by atoms with E-state index in [1.165, 1.54) is 13.3 Å². The maximum absolute atomic E-state index is 11.4. The maximum Gasteiger partial charge on any atom is 0.416 e. The summed E-state index contributed by atoms with van der Waals surface area (Å²) in [6, 6.07) is 4.85. The highest BCUT2D eigenvalue weighted by Crippen LogP contribution is 2.24. The lowest BCUT2D eigenvalue weighted by atomic mass is 10.0. The van der Waals surface area contributed by atoms with Gasteiger partial charge in [0.2, 0.25) is 0 Å². The molecule has 0 radical (unpaired) electrons. The van der Waals surface area contributed by atoms with E-state index >= 15 is 0 Å². The number of carboxylic acid groups (broad SMARTS) is 1. The van der Waals surface area contributed by atoms with Crippen molar-refractivity contribution in [2.24, 2.45) is 5.73 Å². The van der Waals surface area contributed by atoms with Gasteiger partial charge in [-0.15, -0.1) is 0 Å². The fourth-order valence-electron chi connectivity index (χ4n) is 2.36. The van der Waals surface area contributed by atoms with Crippen molar-refractivity contribution >= 4 is 23.0 Å². The Morgan fingerprint density at radius 1 is 1.43 bits per heavy atom. The van der Waals surface area contributed by atoms with Crippen molar-refractivity contribution < 1.29 is 19.4 Å². The molecule has 1 aromatic carbocycles. The number of rotatable bonds is 4. The molecule has 21 heavy (non-hydrogen) atoms. The topological polar surface area (TPSA) is 94.6 Å². The maximum atomic E-state index is 11.4. The van der Waals surface area contributed by atoms with Crippen LogP contribution < -0.4 is 5.73 Å². The standard InChI is InChI=1S/C15H18N2O4/c1-3-9-4-5-11-10(7-12(16)14(18)21-2)8-17(15(19)20)13(11)6-9/h4-6,8,12H,3,7,16H2,1-2H3,(H,19,20)/t12-/m0/s1. The first-order chi connectivity index (χ1) is 9.97. The van der Waals surface area contributed by atoms with Crippen LogP contribution in [0.2, 0.25) is 0 Å². The molecule has 0 aliphatic heterocycles. The van der Waals surface area contributed by atoms with Crippen molar-refractivity contribution in [3.05, 3.63) is 35.5 Å². The SMILES string of the molecule is CCc1ccc2c(C[C@H](N)C(=O)OC)cn(C(=O)O)c2c1. The number of methoxy groups -OCH3 is 1. The molecule has 1 aromatic heterocycles. The number of carbonyl (C=O) groups excluding carboxylic acids is 1. The molecule has 1 atom stereocenters. The second kappa shape index (κ2) is 5.97. The Morgan fingerprint density at radius 2 is 2.14 bits per heavy atom. The van der Waals surface area contributed by atoms with Gasteiger partial charge in [-0.3, -0.25) is 9.36 Å². The summed E-state index contributed by atoms with van der Waals surface area (Å²) in [6.07, 6.45) is 1.49. The molecule has 0 spiro atoms. The average molecular weight is 290 g/mol. The van der Waals surface area contributed by atoms with Gasteiger partial charge in [0.15, 0.2) is 0 Å². The number of ether oxygens (including phenoxy) is 1. The minimum Gasteiger partial charge on any atom is -0.468 e. The normalized spacial score (nSPS) is 12.3. The number of aromatic nitrogens is 1. The fourth-order valence-corrected chi connectivity index (χ4v) is 2.36. The van der Waals surface area contributed by atoms with Crippen LogP contribution in [0.25, 0.3) is 10.9 Å². The molecule has 6 heteroatoms. The molecule has 0 saturated carbocycles. The Bertz CT molecular complexity index is 690. The Labute approximate surface area is 122 Å². The summed E-state index contributed by atoms with van der Waals surface area (Å²) < 4.78 is 5.76. The van der Waals surface area contributed by atoms with E-state index in [-0.39, 0.29) is 6.42 Å². The van der Waals surface area contributed by atoms with Crippen molar-refractivity contribution in [1.82, 2.24) is 4.57 Å². The Kier molecular flexibility index (Phi) is 4.28. The smallest absolute Gasteiger partial charge is 0.416 e. The monoisotopic (exact) mass is 290 g/mol. The van der Waals surface area contributed by atoms with Gasteiger partial charge in [0, 0.05) is 18.0 Å². The molecule has 0 amide bonds. The molecule has 1 heterocycles. The van der Waals surface area contributed by atoms with Gasteiger partial charge < -0.3 is 15.6 Å². The van der Waals surface area contributed by atoms with Crippen LogP contribution >= 0.6 is 0 Å². The summed E-state index contributed by atoms with van der Waals surface area (Å²) in [6.45, 7) is 2.00. The average Bonchev–Trinajstić information content (AvgIpc) is 2.84. The lowest BCUT2D eigenvalue weighted by molar-refractivity contribution is -0.142. The van der Waals surface area contributed by atoms with E-state index in [9.17, 15) is 14.7 Å². The summed E-state index contributed by atoms with van der Waals surface area (Å²) in [5, 5.41) is 10.1. The zero-order chi connectivity index (χ0) is 15.6. The molecular weight excluding hydrogens is 272 g/mol. The van der Waals surface area contributed by atoms with Crippen molar-refractivity contribution in [2.75, 3.05) is 7.11 Å². The van der Waals surface area contributed by atoms with E-state index < -0.39 is 18.1 Å². The first-order valence-corrected chi connectivity index (χ1v) is 6.67. The number of hydrogen-bond donors (Lipinski definition) is 2. The van der Waals surface area contributed by atoms with Gasteiger partial charge in [-0.2, -0.15) is 0 Å². The zero-order valence-corrected chi connectivity index (χ0v) is 12.0. The highest BCUT2D eigenvalue weighted by molar-refractivity contribution is 5.92. The van der Waals surface area contributed by atoms with Crippen molar-refractivity contribution in [3.63, 3.8) is 0 Å². The van der Waals surface area contributed by atoms with E-state index in [1.54, 1.807) is 0 Å². The highest BCUT2D eigenvalue weighted by atomic mass is 16.5. The number of nitrogens with two attached hydrogens (primary N) is 1. The first-order valence-electron chi connectivity index (χ1n) is 6.67. The van der Waals surface area contributed by atoms with Crippen LogP contribution in [0.5, 0.6) is 0 Å². The number of fused-ring (bicyclic) bond motifs is 1. The summed E-state index contributed by atoms with van der Waals surface area (Å²) in [5.41, 5.74) is 8.13. The number of hydrogen-bond acceptors (Lipinski definition) is 4. The first kappa shape index (κ1) is 15.1. The molecule has 112 valence electrons. The molecule has 0 bridgehead atoms. The molecule has 2 rings (SSSR count). The third kappa shape index (κ3) is 2.90. The quantitative estimate of drug-likeness (QED) is 0.837. The molecular formula is C15H18N2O4. The summed E-state index contributed by atoms with van der Waals surface area (Å²) in [4.78, 5) is 22.8. The second-order valence-electron chi connectivity index (χ2n) is 4.85. The van der Waals surface area contributed by atoms with Crippen LogP contribution in [0.4, 0.5) is 4.79 Å². The minimum atomic E-state index is -1.06. The molecule has 0 fully saturated rings. The van der Waals surface area contributed by atoms with Crippen molar-refractivity contribution in [1.29, 1.82) is 0 Å². The lowest BCUT2D eigenvalue weighted by Crippen LogP contribution is -2.33. The Balaban J connectivity index is 2.49. The Morgan fingerprint density at radius 3 is 2.71 bits per heavy atom. The van der Waals surface area contributed by atoms with Crippen molar-refractivity contribution in [3.8, 4) is 0 Å². The van der Waals surface area contributed by atoms with Crippen LogP contribution in [0.3, 0.4) is 0 Å². The van der Waals surface area contributed by atoms with Crippen LogP contribution in [-0.4, -0.2) is 34.9 Å². The molecule has 0 aliphatic rings. The summed E-state index contributed by atoms with van der Waals surface area (Å²) in [5.74, 6) is -0.517. The fraction of sp³-hybridized carbons (Fsp3) is 0.333. The van der Waals surface area contributed by atoms with Gasteiger partial charge >= 0.3 is 12.1 Å². The minimum absolute atomic E-state index is 0.231. The van der Waals surface area contributed by atoms with E-state index in [0.717, 1.165) is 21.9 Å². The predicted octanol–water partition coefficient (Wildman–Crippen LogP) is 1.77. The largest absolute Gasteiger partial charge is 0.468 e. The molecule has 0 saturated heterocycles. The number of aryl methyl sites for hydroxylation is 1. The van der Waals surface area contributed by atoms with E-state index in [2.05, 4.69) is 4.74 Å². The number of carbonyl (C=O) groups is 2. The molecule has 0 unspecified atom stereocenters. The molecule has 6 nitrogen and oxygen atoms in total. The zero-order valence-electron chi connectivity index (χ0n) is 12.0. The summed E-state index contributed by atoms with van der Waals surface area (Å²) in [7, 11) is 1.27. The van der Waals surface area contributed by atoms with E-state index in [4.69, 9.17) is 5.73 Å². The van der Waals surface area contributed by atoms with Gasteiger partial charge in [0.1, 0.15) is 6.04 Å². The molecule has 2 aromatic rings. The number of nitrogens with zero attached hydrogens (tertiary/aromatic N) is 1. The van der Waals surface area contributed by atoms with Gasteiger partial charge in [0.05, 0.1) is 12.6 Å². The summed E-state index contributed by atoms with van der Waals surface area (Å²) >= 11 is 0. The van der Waals surface area contributed by atoms with Gasteiger partial charge in [-0.05, 0) is 23.6 Å².